The fraction of sp³-hybridized carbons (Fsp3) is 0.167. The largest absolute Gasteiger partial charge is 0.493 e. The highest BCUT2D eigenvalue weighted by atomic mass is 16.5. The lowest BCUT2D eigenvalue weighted by Gasteiger charge is -2.13. The average molecular weight is 247 g/mol. The molecule has 1 heterocycles. The van der Waals surface area contributed by atoms with Crippen molar-refractivity contribution >= 4 is 5.91 Å². The molecule has 2 rings (SSSR count). The Hall–Kier alpha value is -2.50. The van der Waals surface area contributed by atoms with Crippen LogP contribution in [0.1, 0.15) is 10.4 Å². The summed E-state index contributed by atoms with van der Waals surface area (Å²) in [4.78, 5) is 11.5. The van der Waals surface area contributed by atoms with Crippen molar-refractivity contribution in [1.82, 2.24) is 10.2 Å². The second-order valence-corrected chi connectivity index (χ2v) is 3.55. The first-order valence-corrected chi connectivity index (χ1v) is 5.24. The van der Waals surface area contributed by atoms with Gasteiger partial charge in [0.25, 0.3) is 0 Å². The van der Waals surface area contributed by atoms with Crippen molar-refractivity contribution in [3.8, 4) is 22.8 Å². The van der Waals surface area contributed by atoms with Crippen molar-refractivity contribution in [3.05, 3.63) is 30.0 Å². The van der Waals surface area contributed by atoms with Crippen LogP contribution in [0.2, 0.25) is 0 Å². The van der Waals surface area contributed by atoms with E-state index in [1.165, 1.54) is 14.2 Å². The smallest absolute Gasteiger partial charge is 0.249 e. The third kappa shape index (κ3) is 1.88. The fourth-order valence-corrected chi connectivity index (χ4v) is 1.79. The molecule has 0 saturated heterocycles. The molecule has 2 aromatic rings. The number of hydrogen-bond acceptors (Lipinski definition) is 4. The number of primary amides is 1. The number of ether oxygens (including phenoxy) is 2. The number of aromatic nitrogens is 2. The van der Waals surface area contributed by atoms with Crippen molar-refractivity contribution in [1.29, 1.82) is 0 Å². The van der Waals surface area contributed by atoms with Gasteiger partial charge in [-0.2, -0.15) is 5.10 Å². The molecule has 1 aromatic heterocycles. The first-order valence-electron chi connectivity index (χ1n) is 5.24. The van der Waals surface area contributed by atoms with Crippen LogP contribution in [0, 0.1) is 0 Å². The van der Waals surface area contributed by atoms with Gasteiger partial charge < -0.3 is 15.2 Å². The molecule has 0 radical (unpaired) electrons. The summed E-state index contributed by atoms with van der Waals surface area (Å²) in [6, 6.07) is 4.95. The molecule has 0 aliphatic heterocycles. The number of benzene rings is 1. The summed E-state index contributed by atoms with van der Waals surface area (Å²) in [5, 5.41) is 6.73. The minimum Gasteiger partial charge on any atom is -0.493 e. The number of aromatic amines is 1. The van der Waals surface area contributed by atoms with E-state index in [4.69, 9.17) is 15.2 Å². The van der Waals surface area contributed by atoms with Crippen molar-refractivity contribution in [3.63, 3.8) is 0 Å². The molecule has 18 heavy (non-hydrogen) atoms. The third-order valence-electron chi connectivity index (χ3n) is 2.57. The summed E-state index contributed by atoms with van der Waals surface area (Å²) in [6.07, 6.45) is 1.65. The number of hydrogen-bond donors (Lipinski definition) is 2. The molecule has 1 aromatic carbocycles. The van der Waals surface area contributed by atoms with E-state index in [1.54, 1.807) is 24.4 Å². The molecule has 0 aliphatic rings. The Morgan fingerprint density at radius 3 is 2.56 bits per heavy atom. The number of rotatable bonds is 4. The van der Waals surface area contributed by atoms with Crippen molar-refractivity contribution in [2.75, 3.05) is 14.2 Å². The molecule has 0 unspecified atom stereocenters. The van der Waals surface area contributed by atoms with E-state index in [0.29, 0.717) is 28.3 Å². The van der Waals surface area contributed by atoms with Gasteiger partial charge in [0.1, 0.15) is 0 Å². The van der Waals surface area contributed by atoms with Crippen LogP contribution < -0.4 is 15.2 Å². The van der Waals surface area contributed by atoms with Gasteiger partial charge in [-0.15, -0.1) is 0 Å². The van der Waals surface area contributed by atoms with Gasteiger partial charge in [-0.05, 0) is 18.2 Å². The Balaban J connectivity index is 2.75. The lowest BCUT2D eigenvalue weighted by atomic mass is 10.0. The summed E-state index contributed by atoms with van der Waals surface area (Å²) in [5.41, 5.74) is 6.78. The predicted molar refractivity (Wildman–Crippen MR) is 65.6 cm³/mol. The number of carbonyl (C=O) groups excluding carboxylic acids is 1. The van der Waals surface area contributed by atoms with Gasteiger partial charge in [-0.1, -0.05) is 0 Å². The van der Waals surface area contributed by atoms with Gasteiger partial charge in [0.2, 0.25) is 5.91 Å². The van der Waals surface area contributed by atoms with Crippen LogP contribution in [0.3, 0.4) is 0 Å². The maximum atomic E-state index is 11.5. The van der Waals surface area contributed by atoms with E-state index in [9.17, 15) is 4.79 Å². The Morgan fingerprint density at radius 1 is 1.28 bits per heavy atom. The highest BCUT2D eigenvalue weighted by Crippen LogP contribution is 2.39. The number of nitrogens with two attached hydrogens (primary N) is 1. The normalized spacial score (nSPS) is 10.1. The summed E-state index contributed by atoms with van der Waals surface area (Å²) in [7, 11) is 3.02. The van der Waals surface area contributed by atoms with Crippen LogP contribution in [0.5, 0.6) is 11.5 Å². The number of H-pyrrole nitrogens is 1. The molecule has 0 spiro atoms. The van der Waals surface area contributed by atoms with Crippen molar-refractivity contribution in [2.24, 2.45) is 5.73 Å². The number of methoxy groups -OCH3 is 2. The number of nitrogens with one attached hydrogen (secondary N) is 1. The van der Waals surface area contributed by atoms with Crippen LogP contribution >= 0.6 is 0 Å². The Labute approximate surface area is 104 Å². The van der Waals surface area contributed by atoms with E-state index in [2.05, 4.69) is 10.2 Å². The standard InChI is InChI=1S/C12H13N3O3/c1-17-9-4-3-7(12(13)16)10(11(9)18-2)8-5-6-14-15-8/h3-6H,1-2H3,(H2,13,16)(H,14,15). The maximum Gasteiger partial charge on any atom is 0.249 e. The number of nitrogens with zero attached hydrogens (tertiary/aromatic N) is 1. The zero-order valence-electron chi connectivity index (χ0n) is 10.1. The minimum atomic E-state index is -0.547. The first kappa shape index (κ1) is 12.0. The van der Waals surface area contributed by atoms with E-state index >= 15 is 0 Å². The molecule has 6 nitrogen and oxygen atoms in total. The molecule has 6 heteroatoms. The van der Waals surface area contributed by atoms with Gasteiger partial charge in [-0.25, -0.2) is 0 Å². The van der Waals surface area contributed by atoms with Crippen LogP contribution in [0.4, 0.5) is 0 Å². The van der Waals surface area contributed by atoms with E-state index in [-0.39, 0.29) is 0 Å². The highest BCUT2D eigenvalue weighted by Gasteiger charge is 2.20. The van der Waals surface area contributed by atoms with Gasteiger partial charge in [0, 0.05) is 6.20 Å². The minimum absolute atomic E-state index is 0.333. The fourth-order valence-electron chi connectivity index (χ4n) is 1.79. The highest BCUT2D eigenvalue weighted by molar-refractivity contribution is 6.01. The third-order valence-corrected chi connectivity index (χ3v) is 2.57. The van der Waals surface area contributed by atoms with E-state index in [1.807, 2.05) is 0 Å². The molecular formula is C12H13N3O3. The molecule has 0 saturated carbocycles. The second kappa shape index (κ2) is 4.79. The van der Waals surface area contributed by atoms with Crippen LogP contribution in [0.25, 0.3) is 11.3 Å². The summed E-state index contributed by atoms with van der Waals surface area (Å²) >= 11 is 0. The van der Waals surface area contributed by atoms with E-state index < -0.39 is 5.91 Å². The summed E-state index contributed by atoms with van der Waals surface area (Å²) < 4.78 is 10.5. The Morgan fingerprint density at radius 2 is 2.06 bits per heavy atom. The monoisotopic (exact) mass is 247 g/mol. The lowest BCUT2D eigenvalue weighted by Crippen LogP contribution is -2.13. The molecule has 0 bridgehead atoms. The van der Waals surface area contributed by atoms with Crippen LogP contribution in [-0.4, -0.2) is 30.3 Å². The Bertz CT molecular complexity index is 564. The molecule has 0 aliphatic carbocycles. The number of amides is 1. The topological polar surface area (TPSA) is 90.2 Å². The maximum absolute atomic E-state index is 11.5. The quantitative estimate of drug-likeness (QED) is 0.849. The SMILES string of the molecule is COc1ccc(C(N)=O)c(-c2cc[nH]n2)c1OC. The van der Waals surface area contributed by atoms with Gasteiger partial charge in [0.05, 0.1) is 31.0 Å². The second-order valence-electron chi connectivity index (χ2n) is 3.55. The molecule has 3 N–H and O–H groups in total. The zero-order chi connectivity index (χ0) is 13.1. The van der Waals surface area contributed by atoms with Gasteiger partial charge in [-0.3, -0.25) is 9.89 Å². The zero-order valence-corrected chi connectivity index (χ0v) is 10.1. The molecule has 94 valence electrons. The molecule has 1 amide bonds. The average Bonchev–Trinajstić information content (AvgIpc) is 2.90. The predicted octanol–water partition coefficient (Wildman–Crippen LogP) is 1.19. The van der Waals surface area contributed by atoms with Crippen molar-refractivity contribution in [2.45, 2.75) is 0 Å². The van der Waals surface area contributed by atoms with Crippen LogP contribution in [-0.2, 0) is 0 Å². The number of carbonyl (C=O) groups is 1. The van der Waals surface area contributed by atoms with E-state index in [0.717, 1.165) is 0 Å². The first-order chi connectivity index (χ1) is 8.69. The van der Waals surface area contributed by atoms with Gasteiger partial charge >= 0.3 is 0 Å². The van der Waals surface area contributed by atoms with Gasteiger partial charge in [0.15, 0.2) is 11.5 Å². The Kier molecular flexibility index (Phi) is 3.18. The summed E-state index contributed by atoms with van der Waals surface area (Å²) in [5.74, 6) is 0.398. The van der Waals surface area contributed by atoms with Crippen LogP contribution in [0.15, 0.2) is 24.4 Å². The molecular weight excluding hydrogens is 234 g/mol. The lowest BCUT2D eigenvalue weighted by molar-refractivity contribution is 0.100. The molecule has 0 fully saturated rings. The summed E-state index contributed by atoms with van der Waals surface area (Å²) in [6.45, 7) is 0. The molecule has 0 atom stereocenters. The van der Waals surface area contributed by atoms with Crippen molar-refractivity contribution < 1.29 is 14.3 Å².